The molecule has 0 aromatic heterocycles. The molecule has 0 saturated carbocycles. The molecule has 0 radical (unpaired) electrons. The predicted molar refractivity (Wildman–Crippen MR) is 73.5 cm³/mol. The molecule has 1 saturated heterocycles. The van der Waals surface area contributed by atoms with Crippen LogP contribution < -0.4 is 5.32 Å². The van der Waals surface area contributed by atoms with E-state index in [0.29, 0.717) is 12.1 Å². The lowest BCUT2D eigenvalue weighted by atomic mass is 9.94. The number of nitrogens with zero attached hydrogens (tertiary/aromatic N) is 1. The van der Waals surface area contributed by atoms with Crippen LogP contribution in [0.3, 0.4) is 0 Å². The van der Waals surface area contributed by atoms with E-state index in [1.807, 2.05) is 0 Å². The molecule has 0 bridgehead atoms. The molecule has 1 aromatic rings. The highest BCUT2D eigenvalue weighted by Crippen LogP contribution is 2.17. The van der Waals surface area contributed by atoms with E-state index in [-0.39, 0.29) is 0 Å². The Morgan fingerprint density at radius 1 is 1.35 bits per heavy atom. The molecule has 2 rings (SSSR count). The van der Waals surface area contributed by atoms with Gasteiger partial charge in [0.25, 0.3) is 0 Å². The zero-order valence-corrected chi connectivity index (χ0v) is 11.5. The molecule has 2 nitrogen and oxygen atoms in total. The molecule has 1 aliphatic rings. The lowest BCUT2D eigenvalue weighted by molar-refractivity contribution is 0.157. The van der Waals surface area contributed by atoms with Crippen LogP contribution in [0.5, 0.6) is 0 Å². The van der Waals surface area contributed by atoms with Crippen molar-refractivity contribution in [2.75, 3.05) is 20.1 Å². The van der Waals surface area contributed by atoms with Gasteiger partial charge in [0, 0.05) is 25.2 Å². The minimum absolute atomic E-state index is 0.578. The average Bonchev–Trinajstić information content (AvgIpc) is 2.26. The van der Waals surface area contributed by atoms with Crippen molar-refractivity contribution in [2.24, 2.45) is 0 Å². The molecule has 1 aliphatic heterocycles. The Labute approximate surface area is 105 Å². The smallest absolute Gasteiger partial charge is 0.0284 e. The Morgan fingerprint density at radius 3 is 2.76 bits per heavy atom. The third kappa shape index (κ3) is 2.88. The number of piperazine rings is 1. The normalized spacial score (nSPS) is 26.1. The molecule has 17 heavy (non-hydrogen) atoms. The third-order valence-corrected chi connectivity index (χ3v) is 4.00. The Bertz CT molecular complexity index is 377. The first-order valence-corrected chi connectivity index (χ1v) is 6.57. The van der Waals surface area contributed by atoms with Crippen LogP contribution in [0.15, 0.2) is 18.2 Å². The molecule has 1 aromatic carbocycles. The van der Waals surface area contributed by atoms with Crippen LogP contribution in [0.2, 0.25) is 0 Å². The van der Waals surface area contributed by atoms with Gasteiger partial charge >= 0.3 is 0 Å². The summed E-state index contributed by atoms with van der Waals surface area (Å²) in [6.07, 6.45) is 1.15. The fourth-order valence-corrected chi connectivity index (χ4v) is 2.78. The maximum absolute atomic E-state index is 3.57. The maximum atomic E-state index is 3.57. The number of nitrogens with one attached hydrogen (secondary N) is 1. The van der Waals surface area contributed by atoms with Gasteiger partial charge in [0.15, 0.2) is 0 Å². The molecule has 2 heteroatoms. The van der Waals surface area contributed by atoms with E-state index >= 15 is 0 Å². The predicted octanol–water partition coefficient (Wildman–Crippen LogP) is 2.14. The van der Waals surface area contributed by atoms with Gasteiger partial charge < -0.3 is 10.2 Å². The van der Waals surface area contributed by atoms with Crippen LogP contribution in [0.25, 0.3) is 0 Å². The first kappa shape index (κ1) is 12.6. The van der Waals surface area contributed by atoms with Crippen LogP contribution >= 0.6 is 0 Å². The van der Waals surface area contributed by atoms with Crippen molar-refractivity contribution in [1.82, 2.24) is 10.2 Å². The summed E-state index contributed by atoms with van der Waals surface area (Å²) in [5.41, 5.74) is 4.27. The standard InChI is InChI=1S/C15H24N2/c1-11-5-6-14(12(2)9-11)10-15-13(3)16-7-8-17(15)4/h5-6,9,13,15-16H,7-8,10H2,1-4H3. The molecular weight excluding hydrogens is 208 g/mol. The molecule has 2 atom stereocenters. The topological polar surface area (TPSA) is 15.3 Å². The summed E-state index contributed by atoms with van der Waals surface area (Å²) in [5, 5.41) is 3.57. The molecule has 94 valence electrons. The summed E-state index contributed by atoms with van der Waals surface area (Å²) in [5.74, 6) is 0. The molecule has 1 N–H and O–H groups in total. The Balaban J connectivity index is 2.13. The van der Waals surface area contributed by atoms with Gasteiger partial charge in [-0.2, -0.15) is 0 Å². The number of aryl methyl sites for hydroxylation is 2. The summed E-state index contributed by atoms with van der Waals surface area (Å²) in [4.78, 5) is 2.49. The maximum Gasteiger partial charge on any atom is 0.0284 e. The van der Waals surface area contributed by atoms with Crippen molar-refractivity contribution >= 4 is 0 Å². The minimum Gasteiger partial charge on any atom is -0.311 e. The number of benzene rings is 1. The van der Waals surface area contributed by atoms with Crippen LogP contribution in [0.1, 0.15) is 23.6 Å². The van der Waals surface area contributed by atoms with Gasteiger partial charge in [-0.1, -0.05) is 23.8 Å². The molecule has 0 amide bonds. The van der Waals surface area contributed by atoms with Gasteiger partial charge in [-0.15, -0.1) is 0 Å². The van der Waals surface area contributed by atoms with Gasteiger partial charge in [0.05, 0.1) is 0 Å². The van der Waals surface area contributed by atoms with E-state index in [2.05, 4.69) is 56.2 Å². The number of hydrogen-bond donors (Lipinski definition) is 1. The van der Waals surface area contributed by atoms with E-state index in [0.717, 1.165) is 19.5 Å². The zero-order chi connectivity index (χ0) is 12.4. The fourth-order valence-electron chi connectivity index (χ4n) is 2.78. The number of likely N-dealkylation sites (N-methyl/N-ethyl adjacent to an activating group) is 1. The van der Waals surface area contributed by atoms with Crippen LogP contribution in [-0.2, 0) is 6.42 Å². The van der Waals surface area contributed by atoms with E-state index in [1.54, 1.807) is 0 Å². The van der Waals surface area contributed by atoms with Crippen molar-refractivity contribution in [3.63, 3.8) is 0 Å². The Hall–Kier alpha value is -0.860. The minimum atomic E-state index is 0.578. The third-order valence-electron chi connectivity index (χ3n) is 4.00. The second-order valence-electron chi connectivity index (χ2n) is 5.42. The highest BCUT2D eigenvalue weighted by Gasteiger charge is 2.25. The highest BCUT2D eigenvalue weighted by atomic mass is 15.2. The van der Waals surface area contributed by atoms with E-state index in [1.165, 1.54) is 16.7 Å². The summed E-state index contributed by atoms with van der Waals surface area (Å²) in [7, 11) is 2.24. The van der Waals surface area contributed by atoms with E-state index < -0.39 is 0 Å². The highest BCUT2D eigenvalue weighted by molar-refractivity contribution is 5.31. The lowest BCUT2D eigenvalue weighted by Crippen LogP contribution is -2.56. The van der Waals surface area contributed by atoms with Gasteiger partial charge in [0.2, 0.25) is 0 Å². The first-order chi connectivity index (χ1) is 8.08. The van der Waals surface area contributed by atoms with Gasteiger partial charge in [0.1, 0.15) is 0 Å². The second kappa shape index (κ2) is 5.19. The largest absolute Gasteiger partial charge is 0.311 e. The molecule has 0 aliphatic carbocycles. The summed E-state index contributed by atoms with van der Waals surface area (Å²) in [6, 6.07) is 8.00. The zero-order valence-electron chi connectivity index (χ0n) is 11.5. The summed E-state index contributed by atoms with van der Waals surface area (Å²) in [6.45, 7) is 8.95. The molecule has 0 spiro atoms. The van der Waals surface area contributed by atoms with Crippen molar-refractivity contribution in [1.29, 1.82) is 0 Å². The Kier molecular flexibility index (Phi) is 3.85. The molecule has 1 heterocycles. The van der Waals surface area contributed by atoms with Gasteiger partial charge in [-0.05, 0) is 45.4 Å². The first-order valence-electron chi connectivity index (χ1n) is 6.57. The SMILES string of the molecule is Cc1ccc(CC2C(C)NCCN2C)c(C)c1. The number of hydrogen-bond acceptors (Lipinski definition) is 2. The van der Waals surface area contributed by atoms with Crippen LogP contribution in [-0.4, -0.2) is 37.1 Å². The van der Waals surface area contributed by atoms with Gasteiger partial charge in [-0.3, -0.25) is 0 Å². The lowest BCUT2D eigenvalue weighted by Gasteiger charge is -2.38. The van der Waals surface area contributed by atoms with Gasteiger partial charge in [-0.25, -0.2) is 0 Å². The Morgan fingerprint density at radius 2 is 2.12 bits per heavy atom. The average molecular weight is 232 g/mol. The summed E-state index contributed by atoms with van der Waals surface area (Å²) >= 11 is 0. The molecule has 2 unspecified atom stereocenters. The quantitative estimate of drug-likeness (QED) is 0.840. The second-order valence-corrected chi connectivity index (χ2v) is 5.42. The summed E-state index contributed by atoms with van der Waals surface area (Å²) < 4.78 is 0. The van der Waals surface area contributed by atoms with Crippen molar-refractivity contribution in [3.8, 4) is 0 Å². The molecular formula is C15H24N2. The van der Waals surface area contributed by atoms with Crippen molar-refractivity contribution in [3.05, 3.63) is 34.9 Å². The van der Waals surface area contributed by atoms with E-state index in [9.17, 15) is 0 Å². The molecule has 1 fully saturated rings. The fraction of sp³-hybridized carbons (Fsp3) is 0.600. The monoisotopic (exact) mass is 232 g/mol. The van der Waals surface area contributed by atoms with E-state index in [4.69, 9.17) is 0 Å². The van der Waals surface area contributed by atoms with Crippen molar-refractivity contribution < 1.29 is 0 Å². The van der Waals surface area contributed by atoms with Crippen LogP contribution in [0, 0.1) is 13.8 Å². The number of rotatable bonds is 2. The van der Waals surface area contributed by atoms with Crippen molar-refractivity contribution in [2.45, 2.75) is 39.3 Å². The van der Waals surface area contributed by atoms with Crippen LogP contribution in [0.4, 0.5) is 0 Å².